The smallest absolute Gasteiger partial charge is 0.254 e. The number of rotatable bonds is 7. The molecule has 140 valence electrons. The average Bonchev–Trinajstić information content (AvgIpc) is 3.10. The summed E-state index contributed by atoms with van der Waals surface area (Å²) in [4.78, 5) is 25.6. The predicted octanol–water partition coefficient (Wildman–Crippen LogP) is 3.80. The van der Waals surface area contributed by atoms with E-state index in [0.717, 1.165) is 16.9 Å². The molecule has 1 aliphatic heterocycles. The van der Waals surface area contributed by atoms with Crippen LogP contribution in [-0.4, -0.2) is 29.9 Å². The van der Waals surface area contributed by atoms with E-state index in [0.29, 0.717) is 31.5 Å². The van der Waals surface area contributed by atoms with Crippen LogP contribution in [0.25, 0.3) is 0 Å². The molecule has 0 N–H and O–H groups in total. The lowest BCUT2D eigenvalue weighted by Gasteiger charge is -2.23. The Morgan fingerprint density at radius 3 is 2.27 bits per heavy atom. The fraction of sp³-hybridized carbons (Fsp3) is 0.524. The average molecular weight is 357 g/mol. The molecule has 2 amide bonds. The van der Waals surface area contributed by atoms with Gasteiger partial charge in [0.05, 0.1) is 18.8 Å². The summed E-state index contributed by atoms with van der Waals surface area (Å²) in [6.07, 6.45) is 3.13. The van der Waals surface area contributed by atoms with Crippen molar-refractivity contribution in [3.63, 3.8) is 0 Å². The van der Waals surface area contributed by atoms with Crippen LogP contribution < -0.4 is 4.74 Å². The molecule has 2 aliphatic rings. The summed E-state index contributed by atoms with van der Waals surface area (Å²) in [5, 5.41) is 0. The van der Waals surface area contributed by atoms with Crippen molar-refractivity contribution in [2.45, 2.75) is 46.3 Å². The number of nitrogens with zero attached hydrogens (tertiary/aromatic N) is 1. The van der Waals surface area contributed by atoms with E-state index >= 15 is 0 Å². The standard InChI is InChI=1S/C21H27NO4/c1-13(2)11-25-15-5-6-16-17(9-15)19(26-12-14(3)4)10-18(16)22-20(23)7-8-21(22)24/h5-9,13-14,18-19H,10-12H2,1-4H3/t18-,19-/m0/s1. The van der Waals surface area contributed by atoms with E-state index in [1.165, 1.54) is 17.1 Å². The molecule has 0 spiro atoms. The summed E-state index contributed by atoms with van der Waals surface area (Å²) >= 11 is 0. The lowest BCUT2D eigenvalue weighted by atomic mass is 10.1. The van der Waals surface area contributed by atoms with Crippen molar-refractivity contribution in [3.8, 4) is 5.75 Å². The molecule has 1 aliphatic carbocycles. The summed E-state index contributed by atoms with van der Waals surface area (Å²) < 4.78 is 12.0. The molecule has 3 rings (SSSR count). The third-order valence-corrected chi connectivity index (χ3v) is 4.57. The summed E-state index contributed by atoms with van der Waals surface area (Å²) in [5.74, 6) is 1.14. The lowest BCUT2D eigenvalue weighted by molar-refractivity contribution is -0.140. The van der Waals surface area contributed by atoms with Crippen LogP contribution in [0.5, 0.6) is 5.75 Å². The third-order valence-electron chi connectivity index (χ3n) is 4.57. The molecule has 0 aromatic heterocycles. The molecule has 5 heteroatoms. The van der Waals surface area contributed by atoms with Gasteiger partial charge in [-0.2, -0.15) is 0 Å². The first-order chi connectivity index (χ1) is 12.4. The number of hydrogen-bond acceptors (Lipinski definition) is 4. The van der Waals surface area contributed by atoms with Crippen molar-refractivity contribution in [2.24, 2.45) is 11.8 Å². The Morgan fingerprint density at radius 2 is 1.65 bits per heavy atom. The number of imide groups is 1. The van der Waals surface area contributed by atoms with E-state index in [1.807, 2.05) is 18.2 Å². The van der Waals surface area contributed by atoms with Crippen LogP contribution in [0.4, 0.5) is 0 Å². The molecular weight excluding hydrogens is 330 g/mol. The summed E-state index contributed by atoms with van der Waals surface area (Å²) in [5.41, 5.74) is 1.99. The largest absolute Gasteiger partial charge is 0.493 e. The fourth-order valence-corrected chi connectivity index (χ4v) is 3.37. The third kappa shape index (κ3) is 3.83. The van der Waals surface area contributed by atoms with Crippen molar-refractivity contribution in [3.05, 3.63) is 41.5 Å². The summed E-state index contributed by atoms with van der Waals surface area (Å²) in [6, 6.07) is 5.60. The van der Waals surface area contributed by atoms with E-state index in [2.05, 4.69) is 27.7 Å². The van der Waals surface area contributed by atoms with Gasteiger partial charge < -0.3 is 9.47 Å². The minimum atomic E-state index is -0.281. The minimum absolute atomic E-state index is 0.138. The number of benzene rings is 1. The Morgan fingerprint density at radius 1 is 1.00 bits per heavy atom. The van der Waals surface area contributed by atoms with E-state index in [-0.39, 0.29) is 24.0 Å². The number of carbonyl (C=O) groups is 2. The van der Waals surface area contributed by atoms with Gasteiger partial charge in [-0.15, -0.1) is 0 Å². The molecule has 0 radical (unpaired) electrons. The predicted molar refractivity (Wildman–Crippen MR) is 98.7 cm³/mol. The van der Waals surface area contributed by atoms with Crippen LogP contribution in [0, 0.1) is 11.8 Å². The highest BCUT2D eigenvalue weighted by Crippen LogP contribution is 2.46. The van der Waals surface area contributed by atoms with Crippen LogP contribution in [0.2, 0.25) is 0 Å². The molecule has 0 saturated carbocycles. The molecule has 26 heavy (non-hydrogen) atoms. The van der Waals surface area contributed by atoms with Gasteiger partial charge in [-0.25, -0.2) is 0 Å². The second-order valence-corrected chi connectivity index (χ2v) is 7.84. The number of carbonyl (C=O) groups excluding carboxylic acids is 2. The molecule has 1 heterocycles. The topological polar surface area (TPSA) is 55.8 Å². The Labute approximate surface area is 155 Å². The van der Waals surface area contributed by atoms with E-state index in [9.17, 15) is 9.59 Å². The van der Waals surface area contributed by atoms with Gasteiger partial charge in [0.1, 0.15) is 5.75 Å². The normalized spacial score (nSPS) is 22.0. The maximum atomic E-state index is 12.2. The van der Waals surface area contributed by atoms with Crippen molar-refractivity contribution < 1.29 is 19.1 Å². The zero-order chi connectivity index (χ0) is 18.8. The van der Waals surface area contributed by atoms with Gasteiger partial charge in [-0.3, -0.25) is 14.5 Å². The summed E-state index contributed by atoms with van der Waals surface area (Å²) in [6.45, 7) is 9.70. The van der Waals surface area contributed by atoms with Gasteiger partial charge in [-0.1, -0.05) is 33.8 Å². The molecule has 0 unspecified atom stereocenters. The van der Waals surface area contributed by atoms with Crippen LogP contribution in [0.15, 0.2) is 30.4 Å². The van der Waals surface area contributed by atoms with Gasteiger partial charge in [0.2, 0.25) is 0 Å². The van der Waals surface area contributed by atoms with Crippen LogP contribution in [0.3, 0.4) is 0 Å². The molecule has 5 nitrogen and oxygen atoms in total. The summed E-state index contributed by atoms with van der Waals surface area (Å²) in [7, 11) is 0. The maximum absolute atomic E-state index is 12.2. The minimum Gasteiger partial charge on any atom is -0.493 e. The van der Waals surface area contributed by atoms with Gasteiger partial charge in [0.25, 0.3) is 11.8 Å². The van der Waals surface area contributed by atoms with E-state index in [4.69, 9.17) is 9.47 Å². The van der Waals surface area contributed by atoms with Gasteiger partial charge in [0, 0.05) is 25.2 Å². The number of hydrogen-bond donors (Lipinski definition) is 0. The first-order valence-corrected chi connectivity index (χ1v) is 9.30. The lowest BCUT2D eigenvalue weighted by Crippen LogP contribution is -2.33. The van der Waals surface area contributed by atoms with Crippen molar-refractivity contribution in [1.82, 2.24) is 4.90 Å². The number of ether oxygens (including phenoxy) is 2. The van der Waals surface area contributed by atoms with Gasteiger partial charge >= 0.3 is 0 Å². The Bertz CT molecular complexity index is 705. The van der Waals surface area contributed by atoms with Crippen molar-refractivity contribution >= 4 is 11.8 Å². The SMILES string of the molecule is CC(C)COc1ccc2c(c1)[C@@H](OCC(C)C)C[C@@H]2N1C(=O)C=CC1=O. The highest BCUT2D eigenvalue weighted by Gasteiger charge is 2.41. The van der Waals surface area contributed by atoms with Crippen LogP contribution >= 0.6 is 0 Å². The molecule has 1 aromatic rings. The highest BCUT2D eigenvalue weighted by molar-refractivity contribution is 6.13. The van der Waals surface area contributed by atoms with Crippen molar-refractivity contribution in [2.75, 3.05) is 13.2 Å². The zero-order valence-electron chi connectivity index (χ0n) is 15.9. The second-order valence-electron chi connectivity index (χ2n) is 7.84. The first kappa shape index (κ1) is 18.6. The van der Waals surface area contributed by atoms with Crippen molar-refractivity contribution in [1.29, 1.82) is 0 Å². The van der Waals surface area contributed by atoms with Crippen LogP contribution in [-0.2, 0) is 14.3 Å². The fourth-order valence-electron chi connectivity index (χ4n) is 3.37. The molecule has 1 aromatic carbocycles. The second kappa shape index (κ2) is 7.62. The van der Waals surface area contributed by atoms with E-state index < -0.39 is 0 Å². The number of fused-ring (bicyclic) bond motifs is 1. The Kier molecular flexibility index (Phi) is 5.47. The number of amides is 2. The monoisotopic (exact) mass is 357 g/mol. The molecule has 0 bridgehead atoms. The van der Waals surface area contributed by atoms with E-state index in [1.54, 1.807) is 0 Å². The molecule has 0 fully saturated rings. The van der Waals surface area contributed by atoms with Crippen LogP contribution in [0.1, 0.15) is 57.4 Å². The maximum Gasteiger partial charge on any atom is 0.254 e. The molecular formula is C21H27NO4. The quantitative estimate of drug-likeness (QED) is 0.697. The zero-order valence-corrected chi connectivity index (χ0v) is 15.9. The first-order valence-electron chi connectivity index (χ1n) is 9.30. The Hall–Kier alpha value is -2.14. The highest BCUT2D eigenvalue weighted by atomic mass is 16.5. The molecule has 0 saturated heterocycles. The van der Waals surface area contributed by atoms with Gasteiger partial charge in [-0.05, 0) is 35.1 Å². The van der Waals surface area contributed by atoms with Gasteiger partial charge in [0.15, 0.2) is 0 Å². The molecule has 2 atom stereocenters. The Balaban J connectivity index is 1.88.